The molecule has 1 aromatic rings. The van der Waals surface area contributed by atoms with Crippen molar-refractivity contribution >= 4 is 46.5 Å². The van der Waals surface area contributed by atoms with Gasteiger partial charge in [-0.3, -0.25) is 0 Å². The minimum Gasteiger partial charge on any atom is -0.369 e. The number of benzene rings is 1. The van der Waals surface area contributed by atoms with Crippen molar-refractivity contribution in [3.05, 3.63) is 29.8 Å². The molecule has 94 valence electrons. The Morgan fingerprint density at radius 3 is 2.29 bits per heavy atom. The highest BCUT2D eigenvalue weighted by Gasteiger charge is 2.32. The minimum absolute atomic E-state index is 0.574. The summed E-state index contributed by atoms with van der Waals surface area (Å²) in [6, 6.07) is 6.45. The summed E-state index contributed by atoms with van der Waals surface area (Å²) in [6.07, 6.45) is -1.59. The number of hydrogen-bond acceptors (Lipinski definition) is 2. The first-order valence-electron chi connectivity index (χ1n) is 4.68. The van der Waals surface area contributed by atoms with Crippen LogP contribution in [0, 0.1) is 6.92 Å². The van der Waals surface area contributed by atoms with Crippen LogP contribution in [0.4, 0.5) is 10.5 Å². The zero-order valence-corrected chi connectivity index (χ0v) is 11.1. The van der Waals surface area contributed by atoms with Crippen molar-refractivity contribution in [1.29, 1.82) is 0 Å². The first-order valence-corrected chi connectivity index (χ1v) is 5.81. The number of carbonyl (C=O) groups excluding carboxylic acids is 1. The Morgan fingerprint density at radius 2 is 1.82 bits per heavy atom. The van der Waals surface area contributed by atoms with Crippen molar-refractivity contribution in [2.24, 2.45) is 0 Å². The Morgan fingerprint density at radius 1 is 1.29 bits per heavy atom. The van der Waals surface area contributed by atoms with E-state index in [1.165, 1.54) is 0 Å². The smallest absolute Gasteiger partial charge is 0.321 e. The summed E-state index contributed by atoms with van der Waals surface area (Å²) in [5, 5.41) is 13.9. The topological polar surface area (TPSA) is 61.4 Å². The first-order chi connectivity index (χ1) is 7.79. The molecule has 0 aliphatic heterocycles. The number of aryl methyl sites for hydroxylation is 1. The van der Waals surface area contributed by atoms with Crippen LogP contribution >= 0.6 is 34.8 Å². The SMILES string of the molecule is Cc1ccc(NC(=O)N[C@H](O)C(Cl)(Cl)Cl)cc1. The lowest BCUT2D eigenvalue weighted by Gasteiger charge is -2.20. The molecule has 0 heterocycles. The highest BCUT2D eigenvalue weighted by Crippen LogP contribution is 2.28. The highest BCUT2D eigenvalue weighted by atomic mass is 35.6. The second-order valence-electron chi connectivity index (χ2n) is 3.41. The fraction of sp³-hybridized carbons (Fsp3) is 0.300. The number of aliphatic hydroxyl groups excluding tert-OH is 1. The molecule has 1 atom stereocenters. The average Bonchev–Trinajstić information content (AvgIpc) is 2.20. The van der Waals surface area contributed by atoms with Crippen molar-refractivity contribution in [2.45, 2.75) is 16.9 Å². The molecule has 4 nitrogen and oxygen atoms in total. The second-order valence-corrected chi connectivity index (χ2v) is 5.78. The summed E-state index contributed by atoms with van der Waals surface area (Å²) < 4.78 is -1.97. The summed E-state index contributed by atoms with van der Waals surface area (Å²) in [5.74, 6) is 0. The van der Waals surface area contributed by atoms with Crippen LogP contribution in [0.5, 0.6) is 0 Å². The number of amides is 2. The van der Waals surface area contributed by atoms with E-state index in [-0.39, 0.29) is 0 Å². The Balaban J connectivity index is 2.53. The molecule has 2 amide bonds. The van der Waals surface area contributed by atoms with Gasteiger partial charge in [0.05, 0.1) is 0 Å². The fourth-order valence-corrected chi connectivity index (χ4v) is 1.17. The van der Waals surface area contributed by atoms with Crippen LogP contribution in [-0.2, 0) is 0 Å². The van der Waals surface area contributed by atoms with Gasteiger partial charge < -0.3 is 15.7 Å². The molecule has 0 saturated carbocycles. The molecule has 3 N–H and O–H groups in total. The summed E-state index contributed by atoms with van der Waals surface area (Å²) in [4.78, 5) is 11.4. The maximum atomic E-state index is 11.4. The number of nitrogens with one attached hydrogen (secondary N) is 2. The largest absolute Gasteiger partial charge is 0.369 e. The number of carbonyl (C=O) groups is 1. The number of alkyl halides is 3. The normalized spacial score (nSPS) is 13.0. The third kappa shape index (κ3) is 5.00. The summed E-state index contributed by atoms with van der Waals surface area (Å²) >= 11 is 16.2. The zero-order valence-electron chi connectivity index (χ0n) is 8.88. The van der Waals surface area contributed by atoms with Crippen LogP contribution in [-0.4, -0.2) is 21.2 Å². The molecule has 0 bridgehead atoms. The fourth-order valence-electron chi connectivity index (χ4n) is 1.01. The van der Waals surface area contributed by atoms with Crippen LogP contribution in [0.1, 0.15) is 5.56 Å². The van der Waals surface area contributed by atoms with Crippen molar-refractivity contribution in [2.75, 3.05) is 5.32 Å². The molecule has 0 unspecified atom stereocenters. The standard InChI is InChI=1S/C10H11Cl3N2O2/c1-6-2-4-7(5-3-6)14-9(17)15-8(16)10(11,12)13/h2-5,8,16H,1H3,(H2,14,15,17)/t8-/m1/s1. The first kappa shape index (κ1) is 14.4. The van der Waals surface area contributed by atoms with E-state index in [1.807, 2.05) is 19.1 Å². The van der Waals surface area contributed by atoms with Gasteiger partial charge in [-0.05, 0) is 19.1 Å². The maximum Gasteiger partial charge on any atom is 0.321 e. The molecule has 0 aliphatic rings. The predicted molar refractivity (Wildman–Crippen MR) is 69.6 cm³/mol. The number of halogens is 3. The molecule has 0 aromatic heterocycles. The van der Waals surface area contributed by atoms with Crippen molar-refractivity contribution in [1.82, 2.24) is 5.32 Å². The number of rotatable bonds is 2. The van der Waals surface area contributed by atoms with E-state index in [4.69, 9.17) is 34.8 Å². The monoisotopic (exact) mass is 296 g/mol. The van der Waals surface area contributed by atoms with Crippen LogP contribution < -0.4 is 10.6 Å². The van der Waals surface area contributed by atoms with Gasteiger partial charge in [0.2, 0.25) is 3.79 Å². The van der Waals surface area contributed by atoms with E-state index >= 15 is 0 Å². The van der Waals surface area contributed by atoms with Crippen LogP contribution in [0.3, 0.4) is 0 Å². The van der Waals surface area contributed by atoms with Gasteiger partial charge >= 0.3 is 6.03 Å². The van der Waals surface area contributed by atoms with Crippen molar-refractivity contribution in [3.63, 3.8) is 0 Å². The Bertz CT molecular complexity index is 390. The minimum atomic E-state index is -1.97. The van der Waals surface area contributed by atoms with Crippen molar-refractivity contribution in [3.8, 4) is 0 Å². The molecule has 1 aromatic carbocycles. The summed E-state index contributed by atoms with van der Waals surface area (Å²) in [6.45, 7) is 1.93. The van der Waals surface area contributed by atoms with E-state index < -0.39 is 16.1 Å². The third-order valence-corrected chi connectivity index (χ3v) is 2.51. The lowest BCUT2D eigenvalue weighted by atomic mass is 10.2. The molecule has 0 aliphatic carbocycles. The van der Waals surface area contributed by atoms with Crippen molar-refractivity contribution < 1.29 is 9.90 Å². The van der Waals surface area contributed by atoms with E-state index in [0.29, 0.717) is 5.69 Å². The van der Waals surface area contributed by atoms with Gasteiger partial charge in [-0.25, -0.2) is 4.79 Å². The van der Waals surface area contributed by atoms with E-state index in [1.54, 1.807) is 12.1 Å². The Kier molecular flexibility index (Phi) is 4.89. The zero-order chi connectivity index (χ0) is 13.1. The molecular formula is C10H11Cl3N2O2. The molecule has 0 saturated heterocycles. The third-order valence-electron chi connectivity index (χ3n) is 1.89. The Labute approximate surface area is 114 Å². The molecular weight excluding hydrogens is 286 g/mol. The average molecular weight is 298 g/mol. The van der Waals surface area contributed by atoms with Crippen LogP contribution in [0.25, 0.3) is 0 Å². The van der Waals surface area contributed by atoms with Gasteiger partial charge in [-0.15, -0.1) is 0 Å². The highest BCUT2D eigenvalue weighted by molar-refractivity contribution is 6.68. The second kappa shape index (κ2) is 5.78. The van der Waals surface area contributed by atoms with Crippen LogP contribution in [0.2, 0.25) is 0 Å². The molecule has 0 spiro atoms. The molecule has 7 heteroatoms. The van der Waals surface area contributed by atoms with E-state index in [9.17, 15) is 9.90 Å². The van der Waals surface area contributed by atoms with Gasteiger partial charge in [-0.1, -0.05) is 52.5 Å². The van der Waals surface area contributed by atoms with E-state index in [0.717, 1.165) is 5.56 Å². The lowest BCUT2D eigenvalue weighted by Crippen LogP contribution is -2.45. The lowest BCUT2D eigenvalue weighted by molar-refractivity contribution is 0.148. The van der Waals surface area contributed by atoms with Gasteiger partial charge in [-0.2, -0.15) is 0 Å². The van der Waals surface area contributed by atoms with E-state index in [2.05, 4.69) is 10.6 Å². The van der Waals surface area contributed by atoms with Gasteiger partial charge in [0.15, 0.2) is 6.23 Å². The number of aliphatic hydroxyl groups is 1. The molecule has 0 fully saturated rings. The summed E-state index contributed by atoms with van der Waals surface area (Å²) in [7, 11) is 0. The predicted octanol–water partition coefficient (Wildman–Crippen LogP) is 2.81. The molecule has 17 heavy (non-hydrogen) atoms. The molecule has 1 rings (SSSR count). The summed E-state index contributed by atoms with van der Waals surface area (Å²) in [5.41, 5.74) is 1.64. The van der Waals surface area contributed by atoms with Gasteiger partial charge in [0.25, 0.3) is 0 Å². The van der Waals surface area contributed by atoms with Gasteiger partial charge in [0, 0.05) is 5.69 Å². The number of anilines is 1. The molecule has 0 radical (unpaired) electrons. The Hall–Kier alpha value is -0.680. The maximum absolute atomic E-state index is 11.4. The number of urea groups is 1. The number of hydrogen-bond donors (Lipinski definition) is 3. The van der Waals surface area contributed by atoms with Gasteiger partial charge in [0.1, 0.15) is 0 Å². The quantitative estimate of drug-likeness (QED) is 0.580. The van der Waals surface area contributed by atoms with Crippen LogP contribution in [0.15, 0.2) is 24.3 Å².